The van der Waals surface area contributed by atoms with Crippen molar-refractivity contribution >= 4 is 11.7 Å². The van der Waals surface area contributed by atoms with E-state index in [2.05, 4.69) is 5.32 Å². The van der Waals surface area contributed by atoms with Gasteiger partial charge in [-0.1, -0.05) is 19.4 Å². The molecule has 0 bridgehead atoms. The minimum absolute atomic E-state index is 0.0296. The quantitative estimate of drug-likeness (QED) is 0.729. The number of carbonyl (C=O) groups is 2. The molecular weight excluding hydrogens is 410 g/mol. The third-order valence-corrected chi connectivity index (χ3v) is 5.82. The number of hydrogen-bond donors (Lipinski definition) is 2. The second kappa shape index (κ2) is 8.58. The fourth-order valence-electron chi connectivity index (χ4n) is 4.05. The number of halogens is 2. The predicted molar refractivity (Wildman–Crippen MR) is 108 cm³/mol. The second-order valence-electron chi connectivity index (χ2n) is 7.86. The number of carbonyl (C=O) groups excluding carboxylic acids is 2. The number of ketones is 1. The maximum Gasteiger partial charge on any atom is 0.257 e. The molecule has 1 aromatic carbocycles. The molecule has 1 aliphatic heterocycles. The molecule has 1 amide bonds. The topological polar surface area (TPSA) is 97.6 Å². The lowest BCUT2D eigenvalue weighted by molar-refractivity contribution is -0.0184. The van der Waals surface area contributed by atoms with Crippen LogP contribution in [0.1, 0.15) is 53.1 Å². The molecule has 1 aliphatic rings. The zero-order valence-electron chi connectivity index (χ0n) is 17.5. The molecule has 2 aromatic rings. The van der Waals surface area contributed by atoms with E-state index in [1.807, 2.05) is 6.92 Å². The fraction of sp³-hybridized carbons (Fsp3) is 0.409. The van der Waals surface area contributed by atoms with Crippen LogP contribution in [-0.4, -0.2) is 34.6 Å². The van der Waals surface area contributed by atoms with E-state index < -0.39 is 51.6 Å². The number of amides is 1. The molecule has 31 heavy (non-hydrogen) atoms. The minimum Gasteiger partial charge on any atom is -0.503 e. The lowest BCUT2D eigenvalue weighted by Crippen LogP contribution is -2.49. The van der Waals surface area contributed by atoms with Crippen molar-refractivity contribution in [2.75, 3.05) is 7.11 Å². The maximum absolute atomic E-state index is 13.8. The van der Waals surface area contributed by atoms with Gasteiger partial charge in [-0.05, 0) is 19.4 Å². The van der Waals surface area contributed by atoms with Crippen molar-refractivity contribution in [2.45, 2.75) is 45.9 Å². The molecule has 9 heteroatoms. The summed E-state index contributed by atoms with van der Waals surface area (Å²) in [5.41, 5.74) is -2.44. The molecule has 2 N–H and O–H groups in total. The van der Waals surface area contributed by atoms with Crippen LogP contribution in [0.15, 0.2) is 29.2 Å². The van der Waals surface area contributed by atoms with E-state index >= 15 is 0 Å². The highest BCUT2D eigenvalue weighted by Crippen LogP contribution is 2.39. The van der Waals surface area contributed by atoms with Crippen LogP contribution in [0.4, 0.5) is 8.78 Å². The maximum atomic E-state index is 13.8. The van der Waals surface area contributed by atoms with E-state index in [1.165, 1.54) is 23.9 Å². The van der Waals surface area contributed by atoms with Gasteiger partial charge in [0.15, 0.2) is 11.5 Å². The molecule has 0 unspecified atom stereocenters. The standard InChI is InChI=1S/C22H24F2N2O5/c1-4-7-22(2)16(31-3)11-26-10-14(18(27)19(28)17(26)20(22)29)21(30)25-9-12-5-6-13(23)8-15(12)24/h5-6,8,10,16,28H,4,7,9,11H2,1-3H3,(H,25,30)/t16-,22-/m0/s1. The average molecular weight is 434 g/mol. The summed E-state index contributed by atoms with van der Waals surface area (Å²) in [4.78, 5) is 38.4. The first-order chi connectivity index (χ1) is 14.6. The molecule has 2 atom stereocenters. The first kappa shape index (κ1) is 22.6. The number of nitrogens with zero attached hydrogens (tertiary/aromatic N) is 1. The Hall–Kier alpha value is -3.07. The van der Waals surface area contributed by atoms with E-state index in [1.54, 1.807) is 6.92 Å². The molecule has 0 fully saturated rings. The molecule has 166 valence electrons. The van der Waals surface area contributed by atoms with Gasteiger partial charge in [0.05, 0.1) is 18.1 Å². The van der Waals surface area contributed by atoms with Crippen molar-refractivity contribution in [1.82, 2.24) is 9.88 Å². The first-order valence-electron chi connectivity index (χ1n) is 9.90. The van der Waals surface area contributed by atoms with Crippen LogP contribution in [0.3, 0.4) is 0 Å². The lowest BCUT2D eigenvalue weighted by atomic mass is 9.72. The number of nitrogens with one attached hydrogen (secondary N) is 1. The highest BCUT2D eigenvalue weighted by atomic mass is 19.1. The highest BCUT2D eigenvalue weighted by molar-refractivity contribution is 6.03. The van der Waals surface area contributed by atoms with Crippen LogP contribution in [0.25, 0.3) is 0 Å². The summed E-state index contributed by atoms with van der Waals surface area (Å²) in [7, 11) is 1.48. The van der Waals surface area contributed by atoms with Gasteiger partial charge in [-0.2, -0.15) is 0 Å². The zero-order chi connectivity index (χ0) is 22.9. The van der Waals surface area contributed by atoms with Crippen LogP contribution in [0.2, 0.25) is 0 Å². The van der Waals surface area contributed by atoms with Crippen molar-refractivity contribution < 1.29 is 28.2 Å². The summed E-state index contributed by atoms with van der Waals surface area (Å²) in [6.45, 7) is 3.53. The number of aromatic nitrogens is 1. The normalized spacial score (nSPS) is 20.4. The Balaban J connectivity index is 1.94. The van der Waals surface area contributed by atoms with Gasteiger partial charge in [0.25, 0.3) is 5.91 Å². The van der Waals surface area contributed by atoms with Crippen LogP contribution in [0.5, 0.6) is 5.75 Å². The van der Waals surface area contributed by atoms with Crippen LogP contribution < -0.4 is 10.7 Å². The Morgan fingerprint density at radius 1 is 1.35 bits per heavy atom. The van der Waals surface area contributed by atoms with E-state index in [0.29, 0.717) is 18.9 Å². The SMILES string of the molecule is CCC[C@]1(C)C(=O)c2c(O)c(=O)c(C(=O)NCc3ccc(F)cc3F)cn2C[C@@H]1OC. The van der Waals surface area contributed by atoms with Crippen LogP contribution in [-0.2, 0) is 17.8 Å². The molecule has 0 aliphatic carbocycles. The van der Waals surface area contributed by atoms with E-state index in [-0.39, 0.29) is 24.3 Å². The summed E-state index contributed by atoms with van der Waals surface area (Å²) in [5, 5.41) is 12.9. The highest BCUT2D eigenvalue weighted by Gasteiger charge is 2.47. The van der Waals surface area contributed by atoms with Gasteiger partial charge >= 0.3 is 0 Å². The Morgan fingerprint density at radius 2 is 2.06 bits per heavy atom. The summed E-state index contributed by atoms with van der Waals surface area (Å²) < 4.78 is 33.7. The molecular formula is C22H24F2N2O5. The van der Waals surface area contributed by atoms with Crippen molar-refractivity contribution in [2.24, 2.45) is 5.41 Å². The van der Waals surface area contributed by atoms with Gasteiger partial charge in [0.1, 0.15) is 22.9 Å². The lowest BCUT2D eigenvalue weighted by Gasteiger charge is -2.40. The summed E-state index contributed by atoms with van der Waals surface area (Å²) in [6, 6.07) is 2.91. The van der Waals surface area contributed by atoms with E-state index in [9.17, 15) is 28.3 Å². The molecule has 0 radical (unpaired) electrons. The zero-order valence-corrected chi connectivity index (χ0v) is 17.5. The minimum atomic E-state index is -0.994. The molecule has 0 spiro atoms. The molecule has 2 heterocycles. The Labute approximate surface area is 177 Å². The van der Waals surface area contributed by atoms with Crippen LogP contribution in [0, 0.1) is 17.0 Å². The number of ether oxygens (including phenoxy) is 1. The Kier molecular flexibility index (Phi) is 6.26. The van der Waals surface area contributed by atoms with Gasteiger partial charge < -0.3 is 19.7 Å². The number of rotatable bonds is 6. The summed E-state index contributed by atoms with van der Waals surface area (Å²) >= 11 is 0. The van der Waals surface area contributed by atoms with Gasteiger partial charge in [-0.15, -0.1) is 0 Å². The number of fused-ring (bicyclic) bond motifs is 1. The summed E-state index contributed by atoms with van der Waals surface area (Å²) in [6.07, 6.45) is 1.89. The van der Waals surface area contributed by atoms with Crippen molar-refractivity contribution in [3.05, 3.63) is 63.1 Å². The average Bonchev–Trinajstić information content (AvgIpc) is 2.72. The summed E-state index contributed by atoms with van der Waals surface area (Å²) in [5.74, 6) is -3.68. The Morgan fingerprint density at radius 3 is 2.68 bits per heavy atom. The number of aromatic hydroxyl groups is 1. The predicted octanol–water partition coefficient (Wildman–Crippen LogP) is 2.78. The third-order valence-electron chi connectivity index (χ3n) is 5.82. The Bertz CT molecular complexity index is 1100. The number of Topliss-reactive ketones (excluding diaryl/α,β-unsaturated/α-hetero) is 1. The number of methoxy groups -OCH3 is 1. The van der Waals surface area contributed by atoms with Gasteiger partial charge in [-0.3, -0.25) is 14.4 Å². The molecule has 7 nitrogen and oxygen atoms in total. The first-order valence-corrected chi connectivity index (χ1v) is 9.90. The van der Waals surface area contributed by atoms with Crippen LogP contribution >= 0.6 is 0 Å². The number of benzene rings is 1. The molecule has 0 saturated heterocycles. The molecule has 3 rings (SSSR count). The number of pyridine rings is 1. The van der Waals surface area contributed by atoms with Gasteiger partial charge in [0, 0.05) is 31.5 Å². The largest absolute Gasteiger partial charge is 0.503 e. The monoisotopic (exact) mass is 434 g/mol. The fourth-order valence-corrected chi connectivity index (χ4v) is 4.05. The second-order valence-corrected chi connectivity index (χ2v) is 7.86. The van der Waals surface area contributed by atoms with Crippen molar-refractivity contribution in [3.63, 3.8) is 0 Å². The van der Waals surface area contributed by atoms with Gasteiger partial charge in [-0.25, -0.2) is 8.78 Å². The number of hydrogen-bond acceptors (Lipinski definition) is 5. The molecule has 0 saturated carbocycles. The van der Waals surface area contributed by atoms with E-state index in [4.69, 9.17) is 4.74 Å². The van der Waals surface area contributed by atoms with Crippen molar-refractivity contribution in [1.29, 1.82) is 0 Å². The smallest absolute Gasteiger partial charge is 0.257 e. The molecule has 1 aromatic heterocycles. The van der Waals surface area contributed by atoms with Gasteiger partial charge in [0.2, 0.25) is 5.43 Å². The third kappa shape index (κ3) is 3.97. The van der Waals surface area contributed by atoms with Crippen molar-refractivity contribution in [3.8, 4) is 5.75 Å². The van der Waals surface area contributed by atoms with E-state index in [0.717, 1.165) is 6.07 Å².